The number of thioether (sulfide) groups is 1. The van der Waals surface area contributed by atoms with Gasteiger partial charge in [-0.3, -0.25) is 14.7 Å². The smallest absolute Gasteiger partial charge is 0.341 e. The monoisotopic (exact) mass is 376 g/mol. The Morgan fingerprint density at radius 1 is 1.46 bits per heavy atom. The van der Waals surface area contributed by atoms with Crippen molar-refractivity contribution < 1.29 is 24.2 Å². The average Bonchev–Trinajstić information content (AvgIpc) is 2.88. The maximum atomic E-state index is 12.3. The van der Waals surface area contributed by atoms with E-state index in [1.165, 1.54) is 23.8 Å². The van der Waals surface area contributed by atoms with Crippen molar-refractivity contribution in [3.05, 3.63) is 40.8 Å². The Bertz CT molecular complexity index is 801. The van der Waals surface area contributed by atoms with Gasteiger partial charge >= 0.3 is 5.97 Å². The van der Waals surface area contributed by atoms with Crippen LogP contribution in [0.5, 0.6) is 11.5 Å². The number of nitrogens with zero attached hydrogens (tertiary/aromatic N) is 2. The Kier molecular flexibility index (Phi) is 6.46. The summed E-state index contributed by atoms with van der Waals surface area (Å²) in [5, 5.41) is 9.48. The fourth-order valence-corrected chi connectivity index (χ4v) is 3.35. The molecule has 1 saturated heterocycles. The van der Waals surface area contributed by atoms with E-state index in [1.54, 1.807) is 32.3 Å². The highest BCUT2D eigenvalue weighted by Crippen LogP contribution is 2.36. The lowest BCUT2D eigenvalue weighted by Gasteiger charge is -2.14. The molecule has 0 atom stereocenters. The van der Waals surface area contributed by atoms with Gasteiger partial charge in [0.1, 0.15) is 0 Å². The van der Waals surface area contributed by atoms with Crippen molar-refractivity contribution in [3.63, 3.8) is 0 Å². The number of hydrogen-bond acceptors (Lipinski definition) is 6. The molecule has 1 amide bonds. The summed E-state index contributed by atoms with van der Waals surface area (Å²) in [4.78, 5) is 29.2. The van der Waals surface area contributed by atoms with Gasteiger partial charge in [0, 0.05) is 19.7 Å². The summed E-state index contributed by atoms with van der Waals surface area (Å²) in [7, 11) is 4.78. The summed E-state index contributed by atoms with van der Waals surface area (Å²) in [6.45, 7) is 3.24. The molecule has 0 radical (unpaired) electrons. The van der Waals surface area contributed by atoms with Crippen molar-refractivity contribution in [2.45, 2.75) is 6.42 Å². The highest BCUT2D eigenvalue weighted by molar-refractivity contribution is 8.18. The van der Waals surface area contributed by atoms with E-state index in [-0.39, 0.29) is 5.91 Å². The molecule has 0 saturated carbocycles. The number of carboxylic acid groups (broad SMARTS) is 1. The molecule has 0 aromatic heterocycles. The molecule has 0 bridgehead atoms. The number of ether oxygens (including phenoxy) is 2. The summed E-state index contributed by atoms with van der Waals surface area (Å²) >= 11 is 1.29. The molecule has 1 fully saturated rings. The Labute approximate surface area is 156 Å². The molecule has 0 unspecified atom stereocenters. The normalized spacial score (nSPS) is 17.0. The average molecular weight is 376 g/mol. The molecule has 2 rings (SSSR count). The van der Waals surface area contributed by atoms with Gasteiger partial charge in [-0.1, -0.05) is 6.08 Å². The number of aliphatic imine (C=N–C) groups is 1. The third-order valence-electron chi connectivity index (χ3n) is 3.57. The first kappa shape index (κ1) is 19.6. The van der Waals surface area contributed by atoms with E-state index in [0.717, 1.165) is 11.1 Å². The van der Waals surface area contributed by atoms with E-state index in [9.17, 15) is 9.59 Å². The predicted molar refractivity (Wildman–Crippen MR) is 102 cm³/mol. The van der Waals surface area contributed by atoms with Gasteiger partial charge in [-0.2, -0.15) is 0 Å². The van der Waals surface area contributed by atoms with Crippen LogP contribution in [0.3, 0.4) is 0 Å². The largest absolute Gasteiger partial charge is 0.493 e. The maximum absolute atomic E-state index is 12.3. The molecule has 1 aliphatic rings. The predicted octanol–water partition coefficient (Wildman–Crippen LogP) is 2.42. The van der Waals surface area contributed by atoms with E-state index < -0.39 is 12.6 Å². The van der Waals surface area contributed by atoms with Gasteiger partial charge in [-0.15, -0.1) is 6.58 Å². The molecule has 1 aromatic carbocycles. The molecular weight excluding hydrogens is 356 g/mol. The van der Waals surface area contributed by atoms with Gasteiger partial charge in [0.05, 0.1) is 12.0 Å². The number of benzene rings is 1. The van der Waals surface area contributed by atoms with E-state index in [4.69, 9.17) is 14.6 Å². The number of methoxy groups -OCH3 is 1. The second-order valence-electron chi connectivity index (χ2n) is 5.37. The first-order valence-electron chi connectivity index (χ1n) is 7.72. The summed E-state index contributed by atoms with van der Waals surface area (Å²) in [5.41, 5.74) is 1.46. The van der Waals surface area contributed by atoms with Gasteiger partial charge in [-0.25, -0.2) is 4.79 Å². The molecule has 1 N–H and O–H groups in total. The van der Waals surface area contributed by atoms with E-state index >= 15 is 0 Å². The summed E-state index contributed by atoms with van der Waals surface area (Å²) < 4.78 is 10.7. The number of carbonyl (C=O) groups excluding carboxylic acids is 1. The van der Waals surface area contributed by atoms with Crippen molar-refractivity contribution in [2.24, 2.45) is 4.99 Å². The van der Waals surface area contributed by atoms with E-state index in [1.807, 2.05) is 6.07 Å². The van der Waals surface area contributed by atoms with Crippen LogP contribution in [0.25, 0.3) is 6.08 Å². The number of hydrogen-bond donors (Lipinski definition) is 1. The quantitative estimate of drug-likeness (QED) is 0.581. The Morgan fingerprint density at radius 3 is 2.73 bits per heavy atom. The number of amidine groups is 1. The van der Waals surface area contributed by atoms with Crippen molar-refractivity contribution >= 4 is 34.9 Å². The fraction of sp³-hybridized carbons (Fsp3) is 0.278. The number of carboxylic acids is 1. The summed E-state index contributed by atoms with van der Waals surface area (Å²) in [6, 6.07) is 3.52. The van der Waals surface area contributed by atoms with Crippen LogP contribution in [0.2, 0.25) is 0 Å². The number of amides is 1. The van der Waals surface area contributed by atoms with Gasteiger partial charge in [0.25, 0.3) is 5.91 Å². The zero-order valence-corrected chi connectivity index (χ0v) is 15.6. The summed E-state index contributed by atoms with van der Waals surface area (Å²) in [6.07, 6.45) is 3.90. The first-order chi connectivity index (χ1) is 12.4. The standard InChI is InChI=1S/C18H20N2O5S/c1-5-6-12-7-11(8-13(24-4)16(12)25-10-15(21)22)9-14-17(23)20(3)18(19-2)26-14/h5,7-9H,1,6,10H2,2-4H3,(H,21,22)/b14-9-,19-18?. The van der Waals surface area contributed by atoms with Crippen LogP contribution >= 0.6 is 11.8 Å². The molecule has 1 heterocycles. The number of aliphatic carboxylic acids is 1. The van der Waals surface area contributed by atoms with Crippen LogP contribution < -0.4 is 9.47 Å². The molecule has 26 heavy (non-hydrogen) atoms. The summed E-state index contributed by atoms with van der Waals surface area (Å²) in [5.74, 6) is -0.461. The van der Waals surface area contributed by atoms with Crippen LogP contribution in [-0.4, -0.2) is 54.9 Å². The minimum Gasteiger partial charge on any atom is -0.493 e. The number of likely N-dealkylation sites (N-methyl/N-ethyl adjacent to an activating group) is 1. The van der Waals surface area contributed by atoms with Gasteiger partial charge in [0.2, 0.25) is 0 Å². The van der Waals surface area contributed by atoms with Crippen molar-refractivity contribution in [1.29, 1.82) is 0 Å². The fourth-order valence-electron chi connectivity index (χ4n) is 2.42. The minimum atomic E-state index is -1.08. The van der Waals surface area contributed by atoms with Crippen LogP contribution in [0, 0.1) is 0 Å². The minimum absolute atomic E-state index is 0.133. The number of rotatable bonds is 7. The lowest BCUT2D eigenvalue weighted by Crippen LogP contribution is -2.23. The zero-order valence-electron chi connectivity index (χ0n) is 14.8. The Morgan fingerprint density at radius 2 is 2.19 bits per heavy atom. The molecule has 8 heteroatoms. The second kappa shape index (κ2) is 8.57. The molecular formula is C18H20N2O5S. The topological polar surface area (TPSA) is 88.4 Å². The Hall–Kier alpha value is -2.74. The molecule has 1 aliphatic heterocycles. The van der Waals surface area contributed by atoms with Gasteiger partial charge in [0.15, 0.2) is 23.3 Å². The first-order valence-corrected chi connectivity index (χ1v) is 8.53. The Balaban J connectivity index is 2.45. The molecule has 0 aliphatic carbocycles. The third-order valence-corrected chi connectivity index (χ3v) is 4.72. The van der Waals surface area contributed by atoms with Crippen LogP contribution in [0.15, 0.2) is 34.7 Å². The number of carbonyl (C=O) groups is 2. The van der Waals surface area contributed by atoms with Crippen molar-refractivity contribution in [3.8, 4) is 11.5 Å². The molecule has 138 valence electrons. The maximum Gasteiger partial charge on any atom is 0.341 e. The third kappa shape index (κ3) is 4.26. The van der Waals surface area contributed by atoms with Crippen molar-refractivity contribution in [1.82, 2.24) is 4.90 Å². The van der Waals surface area contributed by atoms with Gasteiger partial charge < -0.3 is 14.6 Å². The number of allylic oxidation sites excluding steroid dienone is 1. The van der Waals surface area contributed by atoms with Crippen LogP contribution in [-0.2, 0) is 16.0 Å². The SMILES string of the molecule is C=CCc1cc(/C=C2\SC(=NC)N(C)C2=O)cc(OC)c1OCC(=O)O. The lowest BCUT2D eigenvalue weighted by molar-refractivity contribution is -0.139. The molecule has 0 spiro atoms. The molecule has 7 nitrogen and oxygen atoms in total. The molecule has 1 aromatic rings. The highest BCUT2D eigenvalue weighted by atomic mass is 32.2. The van der Waals surface area contributed by atoms with Crippen LogP contribution in [0.4, 0.5) is 0 Å². The van der Waals surface area contributed by atoms with Gasteiger partial charge in [-0.05, 0) is 42.0 Å². The van der Waals surface area contributed by atoms with Crippen LogP contribution in [0.1, 0.15) is 11.1 Å². The van der Waals surface area contributed by atoms with Crippen molar-refractivity contribution in [2.75, 3.05) is 27.8 Å². The highest BCUT2D eigenvalue weighted by Gasteiger charge is 2.29. The van der Waals surface area contributed by atoms with E-state index in [2.05, 4.69) is 11.6 Å². The lowest BCUT2D eigenvalue weighted by atomic mass is 10.0. The second-order valence-corrected chi connectivity index (χ2v) is 6.38. The van der Waals surface area contributed by atoms with E-state index in [0.29, 0.717) is 28.0 Å². The zero-order chi connectivity index (χ0) is 19.3.